The highest BCUT2D eigenvalue weighted by Crippen LogP contribution is 2.36. The number of carbonyl (C=O) groups is 3. The maximum Gasteiger partial charge on any atom is 0.243 e. The molecule has 2 fully saturated rings. The van der Waals surface area contributed by atoms with Crippen molar-refractivity contribution in [3.05, 3.63) is 78.1 Å². The van der Waals surface area contributed by atoms with Crippen LogP contribution in [-0.4, -0.2) is 66.0 Å². The third kappa shape index (κ3) is 6.74. The van der Waals surface area contributed by atoms with Crippen molar-refractivity contribution < 1.29 is 19.1 Å². The van der Waals surface area contributed by atoms with Gasteiger partial charge in [0, 0.05) is 57.1 Å². The van der Waals surface area contributed by atoms with E-state index in [1.165, 1.54) is 0 Å². The number of allylic oxidation sites excluding steroid dienone is 2. The maximum atomic E-state index is 13.7. The molecule has 0 saturated carbocycles. The van der Waals surface area contributed by atoms with E-state index in [0.717, 1.165) is 17.5 Å². The van der Waals surface area contributed by atoms with Crippen molar-refractivity contribution in [2.45, 2.75) is 57.0 Å². The van der Waals surface area contributed by atoms with Crippen molar-refractivity contribution in [3.8, 4) is 0 Å². The zero-order valence-corrected chi connectivity index (χ0v) is 22.4. The number of pyridine rings is 1. The van der Waals surface area contributed by atoms with Gasteiger partial charge >= 0.3 is 0 Å². The van der Waals surface area contributed by atoms with Crippen molar-refractivity contribution in [3.63, 3.8) is 0 Å². The van der Waals surface area contributed by atoms with Crippen molar-refractivity contribution in [2.24, 2.45) is 11.3 Å². The molecule has 3 amide bonds. The van der Waals surface area contributed by atoms with E-state index in [0.29, 0.717) is 64.8 Å². The van der Waals surface area contributed by atoms with Crippen LogP contribution in [0.25, 0.3) is 0 Å². The summed E-state index contributed by atoms with van der Waals surface area (Å²) in [6.07, 6.45) is 11.7. The summed E-state index contributed by atoms with van der Waals surface area (Å²) in [5, 5.41) is 6.40. The second-order valence-electron chi connectivity index (χ2n) is 11.1. The Hall–Kier alpha value is -3.52. The zero-order valence-electron chi connectivity index (χ0n) is 22.4. The number of nitrogens with one attached hydrogen (secondary N) is 2. The minimum Gasteiger partial charge on any atom is -0.381 e. The Bertz CT molecular complexity index is 1160. The Kier molecular flexibility index (Phi) is 8.71. The molecule has 0 unspecified atom stereocenters. The number of benzene rings is 1. The number of ether oxygens (including phenoxy) is 1. The molecule has 3 aliphatic heterocycles. The van der Waals surface area contributed by atoms with Gasteiger partial charge in [-0.2, -0.15) is 0 Å². The number of fused-ring (bicyclic) bond motifs is 1. The molecule has 5 rings (SSSR count). The highest BCUT2D eigenvalue weighted by molar-refractivity contribution is 5.90. The number of likely N-dealkylation sites (tertiary alicyclic amines) is 1. The van der Waals surface area contributed by atoms with Crippen LogP contribution in [0.3, 0.4) is 0 Å². The van der Waals surface area contributed by atoms with Gasteiger partial charge in [-0.15, -0.1) is 0 Å². The number of carbonyl (C=O) groups excluding carboxylic acids is 3. The average molecular weight is 531 g/mol. The fourth-order valence-corrected chi connectivity index (χ4v) is 6.00. The molecule has 1 aromatic heterocycles. The molecule has 0 aliphatic carbocycles. The molecule has 8 heteroatoms. The molecule has 1 aromatic carbocycles. The molecule has 1 spiro atoms. The molecule has 2 saturated heterocycles. The van der Waals surface area contributed by atoms with Crippen molar-refractivity contribution in [2.75, 3.05) is 26.3 Å². The largest absolute Gasteiger partial charge is 0.381 e. The number of rotatable bonds is 4. The Morgan fingerprint density at radius 3 is 2.59 bits per heavy atom. The monoisotopic (exact) mass is 530 g/mol. The quantitative estimate of drug-likeness (QED) is 0.592. The smallest absolute Gasteiger partial charge is 0.243 e. The van der Waals surface area contributed by atoms with Gasteiger partial charge in [0.15, 0.2) is 0 Å². The summed E-state index contributed by atoms with van der Waals surface area (Å²) < 4.78 is 5.58. The summed E-state index contributed by atoms with van der Waals surface area (Å²) in [5.41, 5.74) is 1.32. The molecule has 3 aliphatic rings. The van der Waals surface area contributed by atoms with E-state index in [4.69, 9.17) is 4.74 Å². The van der Waals surface area contributed by atoms with Crippen molar-refractivity contribution in [1.82, 2.24) is 20.5 Å². The van der Waals surface area contributed by atoms with Crippen LogP contribution < -0.4 is 10.6 Å². The predicted molar refractivity (Wildman–Crippen MR) is 147 cm³/mol. The molecule has 2 aromatic rings. The van der Waals surface area contributed by atoms with Crippen LogP contribution in [0.2, 0.25) is 0 Å². The summed E-state index contributed by atoms with van der Waals surface area (Å²) in [7, 11) is 0. The first kappa shape index (κ1) is 27.1. The molecular formula is C31H38N4O4. The zero-order chi connectivity index (χ0) is 27.1. The van der Waals surface area contributed by atoms with Gasteiger partial charge in [-0.25, -0.2) is 0 Å². The molecule has 2 N–H and O–H groups in total. The van der Waals surface area contributed by atoms with Gasteiger partial charge in [0.25, 0.3) is 0 Å². The first-order chi connectivity index (χ1) is 19.0. The second kappa shape index (κ2) is 12.6. The molecule has 206 valence electrons. The standard InChI is InChI=1S/C31H38N4O4/c36-28(20-24-9-6-15-32-21-24)35-16-11-26-25(22-35)10-4-5-12-31(13-17-39-18-14-31)30(38)34-27(29(37)33-26)19-23-7-2-1-3-8-23/h1-9,15,21,25-27H,10-14,16-20,22H2,(H,33,37)(H,34,38)/t25-,26+,27-/m1/s1. The van der Waals surface area contributed by atoms with Crippen LogP contribution in [0.5, 0.6) is 0 Å². The maximum absolute atomic E-state index is 13.7. The number of hydrogen-bond acceptors (Lipinski definition) is 5. The molecule has 0 radical (unpaired) electrons. The van der Waals surface area contributed by atoms with Gasteiger partial charge in [0.2, 0.25) is 17.7 Å². The lowest BCUT2D eigenvalue weighted by Crippen LogP contribution is -2.58. The normalized spacial score (nSPS) is 25.5. The van der Waals surface area contributed by atoms with Gasteiger partial charge < -0.3 is 20.3 Å². The number of amides is 3. The Morgan fingerprint density at radius 2 is 1.82 bits per heavy atom. The number of hydrogen-bond donors (Lipinski definition) is 2. The van der Waals surface area contributed by atoms with Gasteiger partial charge in [0.05, 0.1) is 11.8 Å². The van der Waals surface area contributed by atoms with Crippen LogP contribution in [0.15, 0.2) is 67.0 Å². The molecule has 4 heterocycles. The average Bonchev–Trinajstić information content (AvgIpc) is 2.96. The van der Waals surface area contributed by atoms with E-state index in [1.807, 2.05) is 47.4 Å². The highest BCUT2D eigenvalue weighted by Gasteiger charge is 2.41. The van der Waals surface area contributed by atoms with Crippen LogP contribution in [0.4, 0.5) is 0 Å². The van der Waals surface area contributed by atoms with E-state index in [-0.39, 0.29) is 29.7 Å². The Morgan fingerprint density at radius 1 is 1.03 bits per heavy atom. The van der Waals surface area contributed by atoms with E-state index in [2.05, 4.69) is 27.8 Å². The lowest BCUT2D eigenvalue weighted by Gasteiger charge is -2.40. The molecule has 0 bridgehead atoms. The summed E-state index contributed by atoms with van der Waals surface area (Å²) >= 11 is 0. The van der Waals surface area contributed by atoms with Gasteiger partial charge in [0.1, 0.15) is 6.04 Å². The SMILES string of the molecule is O=C1N[C@H]2CCN(C(=O)Cc3cccnc3)C[C@H]2CC=CCC2(CCOCC2)C(=O)N[C@@H]1Cc1ccccc1. The van der Waals surface area contributed by atoms with Crippen LogP contribution >= 0.6 is 0 Å². The molecule has 3 atom stereocenters. The lowest BCUT2D eigenvalue weighted by molar-refractivity contribution is -0.140. The van der Waals surface area contributed by atoms with E-state index in [9.17, 15) is 14.4 Å². The third-order valence-electron chi connectivity index (χ3n) is 8.44. The predicted octanol–water partition coefficient (Wildman–Crippen LogP) is 2.83. The van der Waals surface area contributed by atoms with Gasteiger partial charge in [-0.3, -0.25) is 19.4 Å². The molecule has 39 heavy (non-hydrogen) atoms. The number of aromatic nitrogens is 1. The van der Waals surface area contributed by atoms with Crippen LogP contribution in [0, 0.1) is 11.3 Å². The van der Waals surface area contributed by atoms with Gasteiger partial charge in [-0.05, 0) is 49.3 Å². The summed E-state index contributed by atoms with van der Waals surface area (Å²) in [5.74, 6) is -0.0586. The minimum atomic E-state index is -0.672. The second-order valence-corrected chi connectivity index (χ2v) is 11.1. The van der Waals surface area contributed by atoms with Gasteiger partial charge in [-0.1, -0.05) is 48.6 Å². The van der Waals surface area contributed by atoms with Crippen molar-refractivity contribution >= 4 is 17.7 Å². The highest BCUT2D eigenvalue weighted by atomic mass is 16.5. The van der Waals surface area contributed by atoms with Crippen LogP contribution in [0.1, 0.15) is 43.2 Å². The third-order valence-corrected chi connectivity index (χ3v) is 8.44. The first-order valence-corrected chi connectivity index (χ1v) is 14.1. The minimum absolute atomic E-state index is 0.0699. The van der Waals surface area contributed by atoms with E-state index in [1.54, 1.807) is 12.4 Å². The Labute approximate surface area is 230 Å². The summed E-state index contributed by atoms with van der Waals surface area (Å²) in [6.45, 7) is 2.25. The van der Waals surface area contributed by atoms with E-state index >= 15 is 0 Å². The van der Waals surface area contributed by atoms with Crippen LogP contribution in [-0.2, 0) is 32.0 Å². The number of piperidine rings is 1. The first-order valence-electron chi connectivity index (χ1n) is 14.1. The molecule has 8 nitrogen and oxygen atoms in total. The molecular weight excluding hydrogens is 492 g/mol. The topological polar surface area (TPSA) is 101 Å². The fraction of sp³-hybridized carbons (Fsp3) is 0.484. The fourth-order valence-electron chi connectivity index (χ4n) is 6.00. The van der Waals surface area contributed by atoms with E-state index < -0.39 is 11.5 Å². The summed E-state index contributed by atoms with van der Waals surface area (Å²) in [4.78, 5) is 46.5. The number of nitrogens with zero attached hydrogens (tertiary/aromatic N) is 2. The lowest BCUT2D eigenvalue weighted by atomic mass is 9.75. The van der Waals surface area contributed by atoms with Crippen molar-refractivity contribution in [1.29, 1.82) is 0 Å². The summed E-state index contributed by atoms with van der Waals surface area (Å²) in [6, 6.07) is 12.8. The Balaban J connectivity index is 1.36.